The van der Waals surface area contributed by atoms with Crippen LogP contribution in [0.2, 0.25) is 0 Å². The van der Waals surface area contributed by atoms with E-state index < -0.39 is 12.6 Å². The van der Waals surface area contributed by atoms with E-state index in [-0.39, 0.29) is 12.5 Å². The quantitative estimate of drug-likeness (QED) is 0.781. The molecule has 17 heavy (non-hydrogen) atoms. The van der Waals surface area contributed by atoms with E-state index in [0.29, 0.717) is 18.9 Å². The van der Waals surface area contributed by atoms with Crippen molar-refractivity contribution in [3.05, 3.63) is 11.8 Å². The molecule has 0 radical (unpaired) electrons. The van der Waals surface area contributed by atoms with Crippen molar-refractivity contribution in [1.82, 2.24) is 5.32 Å². The third-order valence-electron chi connectivity index (χ3n) is 2.66. The highest BCUT2D eigenvalue weighted by Crippen LogP contribution is 2.25. The fourth-order valence-electron chi connectivity index (χ4n) is 1.79. The van der Waals surface area contributed by atoms with E-state index in [9.17, 15) is 13.2 Å². The highest BCUT2D eigenvalue weighted by Gasteiger charge is 2.29. The van der Waals surface area contributed by atoms with Gasteiger partial charge in [-0.05, 0) is 38.3 Å². The molecule has 1 aliphatic heterocycles. The summed E-state index contributed by atoms with van der Waals surface area (Å²) < 4.78 is 42.1. The number of ether oxygens (including phenoxy) is 1. The van der Waals surface area contributed by atoms with Gasteiger partial charge in [0.05, 0.1) is 12.6 Å². The summed E-state index contributed by atoms with van der Waals surface area (Å²) in [5, 5.41) is 3.12. The largest absolute Gasteiger partial charge is 0.497 e. The zero-order valence-corrected chi connectivity index (χ0v) is 10.1. The maximum absolute atomic E-state index is 12.2. The fraction of sp³-hybridized carbons (Fsp3) is 0.833. The Balaban J connectivity index is 2.50. The Hall–Kier alpha value is -0.710. The number of allylic oxidation sites excluding steroid dienone is 1. The SMILES string of the molecule is CCCNC(CCC(F)(F)F)C1=CCCCO1. The molecule has 0 spiro atoms. The molecule has 1 unspecified atom stereocenters. The molecular weight excluding hydrogens is 231 g/mol. The van der Waals surface area contributed by atoms with Crippen LogP contribution in [0.25, 0.3) is 0 Å². The zero-order chi connectivity index (χ0) is 12.7. The zero-order valence-electron chi connectivity index (χ0n) is 10.1. The van der Waals surface area contributed by atoms with Gasteiger partial charge in [-0.2, -0.15) is 13.2 Å². The number of hydrogen-bond donors (Lipinski definition) is 1. The lowest BCUT2D eigenvalue weighted by molar-refractivity contribution is -0.136. The maximum Gasteiger partial charge on any atom is 0.389 e. The second-order valence-corrected chi connectivity index (χ2v) is 4.26. The number of hydrogen-bond acceptors (Lipinski definition) is 2. The van der Waals surface area contributed by atoms with Gasteiger partial charge >= 0.3 is 6.18 Å². The number of nitrogens with one attached hydrogen (secondary N) is 1. The predicted octanol–water partition coefficient (Wildman–Crippen LogP) is 3.39. The maximum atomic E-state index is 12.2. The monoisotopic (exact) mass is 251 g/mol. The van der Waals surface area contributed by atoms with Gasteiger partial charge in [0, 0.05) is 6.42 Å². The second kappa shape index (κ2) is 6.89. The average Bonchev–Trinajstić information content (AvgIpc) is 2.29. The predicted molar refractivity (Wildman–Crippen MR) is 60.6 cm³/mol. The molecule has 0 bridgehead atoms. The van der Waals surface area contributed by atoms with Crippen LogP contribution in [-0.2, 0) is 4.74 Å². The van der Waals surface area contributed by atoms with Gasteiger partial charge in [0.2, 0.25) is 0 Å². The first-order valence-corrected chi connectivity index (χ1v) is 6.16. The van der Waals surface area contributed by atoms with Crippen molar-refractivity contribution in [2.24, 2.45) is 0 Å². The number of rotatable bonds is 6. The molecule has 1 heterocycles. The summed E-state index contributed by atoms with van der Waals surface area (Å²) in [4.78, 5) is 0. The Kier molecular flexibility index (Phi) is 5.82. The van der Waals surface area contributed by atoms with Gasteiger partial charge in [-0.3, -0.25) is 0 Å². The molecule has 0 aromatic heterocycles. The highest BCUT2D eigenvalue weighted by atomic mass is 19.4. The lowest BCUT2D eigenvalue weighted by Crippen LogP contribution is -2.34. The molecule has 1 aliphatic rings. The van der Waals surface area contributed by atoms with Crippen molar-refractivity contribution in [2.45, 2.75) is 51.2 Å². The molecule has 0 aromatic carbocycles. The van der Waals surface area contributed by atoms with E-state index in [1.165, 1.54) is 0 Å². The molecular formula is C12H20F3NO. The number of halogens is 3. The molecule has 0 fully saturated rings. The lowest BCUT2D eigenvalue weighted by atomic mass is 10.1. The molecule has 1 N–H and O–H groups in total. The van der Waals surface area contributed by atoms with Gasteiger partial charge in [0.25, 0.3) is 0 Å². The molecule has 0 aliphatic carbocycles. The second-order valence-electron chi connectivity index (χ2n) is 4.26. The van der Waals surface area contributed by atoms with E-state index >= 15 is 0 Å². The Bertz CT molecular complexity index is 251. The molecule has 0 saturated carbocycles. The van der Waals surface area contributed by atoms with Crippen LogP contribution in [0, 0.1) is 0 Å². The van der Waals surface area contributed by atoms with E-state index in [1.807, 2.05) is 13.0 Å². The molecule has 0 amide bonds. The molecule has 1 rings (SSSR count). The van der Waals surface area contributed by atoms with Gasteiger partial charge in [-0.15, -0.1) is 0 Å². The first-order chi connectivity index (χ1) is 8.03. The van der Waals surface area contributed by atoms with Crippen molar-refractivity contribution in [3.63, 3.8) is 0 Å². The van der Waals surface area contributed by atoms with Crippen LogP contribution in [0.15, 0.2) is 11.8 Å². The van der Waals surface area contributed by atoms with Crippen molar-refractivity contribution in [1.29, 1.82) is 0 Å². The summed E-state index contributed by atoms with van der Waals surface area (Å²) in [6.45, 7) is 3.31. The normalized spacial score (nSPS) is 18.5. The van der Waals surface area contributed by atoms with Crippen LogP contribution in [0.3, 0.4) is 0 Å². The minimum Gasteiger partial charge on any atom is -0.497 e. The Morgan fingerprint density at radius 3 is 2.76 bits per heavy atom. The molecule has 5 heteroatoms. The average molecular weight is 251 g/mol. The van der Waals surface area contributed by atoms with Crippen molar-refractivity contribution in [2.75, 3.05) is 13.2 Å². The van der Waals surface area contributed by atoms with Gasteiger partial charge in [-0.25, -0.2) is 0 Å². The Labute approximate surface area is 100 Å². The summed E-state index contributed by atoms with van der Waals surface area (Å²) in [5.41, 5.74) is 0. The topological polar surface area (TPSA) is 21.3 Å². The van der Waals surface area contributed by atoms with Crippen LogP contribution in [0.1, 0.15) is 39.0 Å². The van der Waals surface area contributed by atoms with Crippen molar-refractivity contribution in [3.8, 4) is 0 Å². The smallest absolute Gasteiger partial charge is 0.389 e. The first kappa shape index (κ1) is 14.4. The first-order valence-electron chi connectivity index (χ1n) is 6.16. The Morgan fingerprint density at radius 1 is 1.47 bits per heavy atom. The minimum atomic E-state index is -4.10. The minimum absolute atomic E-state index is 0.0509. The van der Waals surface area contributed by atoms with E-state index in [0.717, 1.165) is 19.3 Å². The summed E-state index contributed by atoms with van der Waals surface area (Å²) in [6.07, 6.45) is -0.163. The summed E-state index contributed by atoms with van der Waals surface area (Å²) in [7, 11) is 0. The van der Waals surface area contributed by atoms with Crippen molar-refractivity contribution < 1.29 is 17.9 Å². The summed E-state index contributed by atoms with van der Waals surface area (Å²) in [6, 6.07) is -0.295. The molecule has 0 saturated heterocycles. The van der Waals surface area contributed by atoms with Gasteiger partial charge in [0.15, 0.2) is 0 Å². The molecule has 0 aromatic rings. The van der Waals surface area contributed by atoms with E-state index in [4.69, 9.17) is 4.74 Å². The molecule has 2 nitrogen and oxygen atoms in total. The fourth-order valence-corrected chi connectivity index (χ4v) is 1.79. The van der Waals surface area contributed by atoms with Crippen LogP contribution in [0.4, 0.5) is 13.2 Å². The third kappa shape index (κ3) is 5.96. The van der Waals surface area contributed by atoms with E-state index in [2.05, 4.69) is 5.32 Å². The van der Waals surface area contributed by atoms with Crippen LogP contribution in [-0.4, -0.2) is 25.4 Å². The van der Waals surface area contributed by atoms with Crippen LogP contribution in [0.5, 0.6) is 0 Å². The highest BCUT2D eigenvalue weighted by molar-refractivity contribution is 5.05. The Morgan fingerprint density at radius 2 is 2.24 bits per heavy atom. The van der Waals surface area contributed by atoms with Gasteiger partial charge in [0.1, 0.15) is 5.76 Å². The number of alkyl halides is 3. The van der Waals surface area contributed by atoms with Gasteiger partial charge in [-0.1, -0.05) is 6.92 Å². The third-order valence-corrected chi connectivity index (χ3v) is 2.66. The summed E-state index contributed by atoms with van der Waals surface area (Å²) in [5.74, 6) is 0.689. The standard InChI is InChI=1S/C12H20F3NO/c1-2-8-16-10(6-7-12(13,14)15)11-5-3-4-9-17-11/h5,10,16H,2-4,6-9H2,1H3. The van der Waals surface area contributed by atoms with Crippen LogP contribution < -0.4 is 5.32 Å². The van der Waals surface area contributed by atoms with Gasteiger partial charge < -0.3 is 10.1 Å². The lowest BCUT2D eigenvalue weighted by Gasteiger charge is -2.25. The van der Waals surface area contributed by atoms with Crippen molar-refractivity contribution >= 4 is 0 Å². The molecule has 1 atom stereocenters. The summed E-state index contributed by atoms with van der Waals surface area (Å²) >= 11 is 0. The van der Waals surface area contributed by atoms with E-state index in [1.54, 1.807) is 0 Å². The van der Waals surface area contributed by atoms with Crippen LogP contribution >= 0.6 is 0 Å². The molecule has 100 valence electrons.